The number of carbonyl (C=O) groups is 1. The van der Waals surface area contributed by atoms with E-state index in [2.05, 4.69) is 45.0 Å². The van der Waals surface area contributed by atoms with Crippen molar-refractivity contribution in [1.29, 1.82) is 0 Å². The Morgan fingerprint density at radius 2 is 1.46 bits per heavy atom. The van der Waals surface area contributed by atoms with Crippen LogP contribution in [0.2, 0.25) is 0 Å². The first kappa shape index (κ1) is 20.9. The third-order valence-electron chi connectivity index (χ3n) is 3.74. The summed E-state index contributed by atoms with van der Waals surface area (Å²) in [6.45, 7) is 8.30. The van der Waals surface area contributed by atoms with Gasteiger partial charge in [0, 0.05) is 0 Å². The molecule has 0 aliphatic heterocycles. The Labute approximate surface area is 151 Å². The molecule has 124 valence electrons. The second-order valence-corrected chi connectivity index (χ2v) is 6.80. The van der Waals surface area contributed by atoms with Crippen molar-refractivity contribution in [3.8, 4) is 11.1 Å². The Balaban J connectivity index is 0.000000505. The van der Waals surface area contributed by atoms with Crippen LogP contribution in [0.25, 0.3) is 11.1 Å². The number of hydrogen-bond donors (Lipinski definition) is 3. The summed E-state index contributed by atoms with van der Waals surface area (Å²) >= 11 is 1.65. The van der Waals surface area contributed by atoms with E-state index in [1.54, 1.807) is 17.7 Å². The Morgan fingerprint density at radius 1 is 0.958 bits per heavy atom. The van der Waals surface area contributed by atoms with Gasteiger partial charge < -0.3 is 14.7 Å². The summed E-state index contributed by atoms with van der Waals surface area (Å²) in [6, 6.07) is 10.5. The zero-order chi connectivity index (χ0) is 18.7. The molecule has 0 saturated carbocycles. The molecule has 0 saturated heterocycles. The van der Waals surface area contributed by atoms with Gasteiger partial charge in [0.2, 0.25) is 0 Å². The predicted octanol–water partition coefficient (Wildman–Crippen LogP) is 2.97. The van der Waals surface area contributed by atoms with E-state index in [1.165, 1.54) is 22.3 Å². The zero-order valence-electron chi connectivity index (χ0n) is 14.5. The van der Waals surface area contributed by atoms with E-state index in [0.717, 1.165) is 16.7 Å². The predicted molar refractivity (Wildman–Crippen MR) is 95.2 cm³/mol. The summed E-state index contributed by atoms with van der Waals surface area (Å²) in [4.78, 5) is 33.4. The zero-order valence-corrected chi connectivity index (χ0v) is 15.4. The first-order valence-corrected chi connectivity index (χ1v) is 8.96. The molecule has 0 heterocycles. The summed E-state index contributed by atoms with van der Waals surface area (Å²) in [5, 5.41) is 0. The molecule has 0 bridgehead atoms. The Bertz CT molecular complexity index is 803. The molecule has 0 fully saturated rings. The van der Waals surface area contributed by atoms with Gasteiger partial charge in [-0.2, -0.15) is 0 Å². The van der Waals surface area contributed by atoms with Crippen molar-refractivity contribution in [2.24, 2.45) is 0 Å². The molecule has 0 aromatic heterocycles. The van der Waals surface area contributed by atoms with Crippen LogP contribution >= 0.6 is 7.82 Å². The van der Waals surface area contributed by atoms with Crippen molar-refractivity contribution < 1.29 is 24.0 Å². The number of aryl methyl sites for hydroxylation is 3. The van der Waals surface area contributed by atoms with Crippen molar-refractivity contribution in [3.63, 3.8) is 0 Å². The van der Waals surface area contributed by atoms with Gasteiger partial charge >= 0.3 is 132 Å². The quantitative estimate of drug-likeness (QED) is 0.576. The fourth-order valence-corrected chi connectivity index (χ4v) is 3.00. The van der Waals surface area contributed by atoms with Crippen molar-refractivity contribution in [2.45, 2.75) is 27.7 Å². The topological polar surface area (TPSA) is 94.8 Å². The standard InChI is InChI=1S/C17H17O.Li.H3O4P/c1-11-7-5-6-8-15(11)17-13(3)9-12(2)16(10-18)14(17)4;;1-5(2,3)4/h5-9H,1-4H3;;(H3,1,2,3,4). The Morgan fingerprint density at radius 3 is 1.92 bits per heavy atom. The molecule has 3 N–H and O–H groups in total. The molecular formula is C17H20LiO5P. The van der Waals surface area contributed by atoms with Crippen LogP contribution in [0.15, 0.2) is 30.3 Å². The van der Waals surface area contributed by atoms with Crippen molar-refractivity contribution in [1.82, 2.24) is 0 Å². The monoisotopic (exact) mass is 342 g/mol. The van der Waals surface area contributed by atoms with Crippen LogP contribution in [0, 0.1) is 27.7 Å². The third-order valence-corrected chi connectivity index (χ3v) is 3.74. The average Bonchev–Trinajstić information content (AvgIpc) is 2.37. The molecule has 0 aliphatic rings. The fourth-order valence-electron chi connectivity index (χ4n) is 3.00. The Hall–Kier alpha value is -1.18. The number of phosphoric acid groups is 1. The summed E-state index contributed by atoms with van der Waals surface area (Å²) < 4.78 is 9.03. The fraction of sp³-hybridized carbons (Fsp3) is 0.235. The van der Waals surface area contributed by atoms with Gasteiger partial charge in [0.25, 0.3) is 0 Å². The van der Waals surface area contributed by atoms with Crippen molar-refractivity contribution in [3.05, 3.63) is 58.1 Å². The molecule has 24 heavy (non-hydrogen) atoms. The Kier molecular flexibility index (Phi) is 7.19. The first-order chi connectivity index (χ1) is 10.9. The van der Waals surface area contributed by atoms with E-state index in [9.17, 15) is 4.79 Å². The van der Waals surface area contributed by atoms with Crippen LogP contribution in [0.4, 0.5) is 0 Å². The number of rotatable bonds is 2. The van der Waals surface area contributed by atoms with E-state index in [0.29, 0.717) is 0 Å². The van der Waals surface area contributed by atoms with Crippen LogP contribution in [0.1, 0.15) is 32.6 Å². The van der Waals surface area contributed by atoms with Crippen molar-refractivity contribution >= 4 is 30.0 Å². The van der Waals surface area contributed by atoms with Gasteiger partial charge in [-0.25, -0.2) is 4.57 Å². The first-order valence-electron chi connectivity index (χ1n) is 7.39. The summed E-state index contributed by atoms with van der Waals surface area (Å²) in [5.41, 5.74) is 7.93. The second kappa shape index (κ2) is 8.27. The molecule has 0 amide bonds. The third kappa shape index (κ3) is 5.72. The molecule has 0 aliphatic carbocycles. The maximum atomic E-state index is 11.9. The van der Waals surface area contributed by atoms with Crippen molar-refractivity contribution in [2.75, 3.05) is 0 Å². The molecule has 0 spiro atoms. The van der Waals surface area contributed by atoms with Gasteiger partial charge in [0.05, 0.1) is 0 Å². The van der Waals surface area contributed by atoms with E-state index in [4.69, 9.17) is 19.2 Å². The molecule has 5 nitrogen and oxygen atoms in total. The van der Waals surface area contributed by atoms with Gasteiger partial charge in [0.15, 0.2) is 0 Å². The van der Waals surface area contributed by atoms with E-state index in [1.807, 2.05) is 13.0 Å². The SMILES string of the molecule is O=P(O)(O)O.[Li][C](=O)c1c(C)cc(C)c(-c2ccccc2C)c1C. The minimum absolute atomic E-state index is 0.143. The van der Waals surface area contributed by atoms with Gasteiger partial charge in [-0.15, -0.1) is 0 Å². The molecular weight excluding hydrogens is 322 g/mol. The minimum atomic E-state index is -4.64. The van der Waals surface area contributed by atoms with E-state index in [-0.39, 0.29) is 4.46 Å². The summed E-state index contributed by atoms with van der Waals surface area (Å²) in [5.74, 6) is 0. The molecule has 0 unspecified atom stereocenters. The molecule has 2 aromatic carbocycles. The maximum absolute atomic E-state index is 11.9. The van der Waals surface area contributed by atoms with Gasteiger partial charge in [-0.05, 0) is 0 Å². The second-order valence-electron chi connectivity index (χ2n) is 5.77. The summed E-state index contributed by atoms with van der Waals surface area (Å²) in [7, 11) is -4.64. The molecule has 0 atom stereocenters. The molecule has 0 radical (unpaired) electrons. The van der Waals surface area contributed by atoms with E-state index >= 15 is 0 Å². The van der Waals surface area contributed by atoms with Crippen LogP contribution in [-0.4, -0.2) is 36.9 Å². The van der Waals surface area contributed by atoms with E-state index < -0.39 is 7.82 Å². The van der Waals surface area contributed by atoms with Gasteiger partial charge in [-0.3, -0.25) is 0 Å². The number of hydrogen-bond acceptors (Lipinski definition) is 2. The van der Waals surface area contributed by atoms with Crippen LogP contribution in [0.5, 0.6) is 0 Å². The number of benzene rings is 2. The summed E-state index contributed by atoms with van der Waals surface area (Å²) in [6.07, 6.45) is 0. The van der Waals surface area contributed by atoms with Crippen LogP contribution in [0.3, 0.4) is 0 Å². The van der Waals surface area contributed by atoms with Gasteiger partial charge in [-0.1, -0.05) is 0 Å². The molecule has 2 rings (SSSR count). The normalized spacial score (nSPS) is 10.9. The van der Waals surface area contributed by atoms with Crippen LogP contribution in [-0.2, 0) is 4.57 Å². The molecule has 7 heteroatoms. The van der Waals surface area contributed by atoms with Gasteiger partial charge in [0.1, 0.15) is 0 Å². The van der Waals surface area contributed by atoms with Crippen LogP contribution < -0.4 is 0 Å². The average molecular weight is 342 g/mol. The molecule has 2 aromatic rings. The number of carbonyl (C=O) groups excluding carboxylic acids is 1.